The highest BCUT2D eigenvalue weighted by Gasteiger charge is 2.20. The molecule has 1 heterocycles. The lowest BCUT2D eigenvalue weighted by Gasteiger charge is -2.05. The van der Waals surface area contributed by atoms with Gasteiger partial charge in [0.2, 0.25) is 0 Å². The van der Waals surface area contributed by atoms with E-state index < -0.39 is 0 Å². The monoisotopic (exact) mass is 355 g/mol. The molecule has 3 rings (SSSR count). The van der Waals surface area contributed by atoms with Crippen LogP contribution >= 0.6 is 33.9 Å². The van der Waals surface area contributed by atoms with E-state index >= 15 is 0 Å². The van der Waals surface area contributed by atoms with Gasteiger partial charge in [0, 0.05) is 16.2 Å². The first-order valence-corrected chi connectivity index (χ1v) is 7.89. The molecule has 1 fully saturated rings. The topological polar surface area (TPSA) is 12.0 Å². The van der Waals surface area contributed by atoms with Crippen LogP contribution in [0.25, 0.3) is 11.1 Å². The Hall–Kier alpha value is -0.390. The molecule has 3 heteroatoms. The summed E-state index contributed by atoms with van der Waals surface area (Å²) < 4.78 is 1.29. The van der Waals surface area contributed by atoms with Crippen molar-refractivity contribution < 1.29 is 0 Å². The Morgan fingerprint density at radius 2 is 1.94 bits per heavy atom. The van der Waals surface area contributed by atoms with Crippen molar-refractivity contribution in [3.8, 4) is 11.1 Å². The zero-order valence-corrected chi connectivity index (χ0v) is 12.4. The van der Waals surface area contributed by atoms with Gasteiger partial charge in [-0.15, -0.1) is 0 Å². The fraction of sp³-hybridized carbons (Fsp3) is 0.286. The second kappa shape index (κ2) is 5.08. The van der Waals surface area contributed by atoms with Crippen LogP contribution in [-0.2, 0) is 6.54 Å². The van der Waals surface area contributed by atoms with Crippen LogP contribution in [0.1, 0.15) is 18.4 Å². The summed E-state index contributed by atoms with van der Waals surface area (Å²) >= 11 is 4.14. The molecule has 1 N–H and O–H groups in total. The lowest BCUT2D eigenvalue weighted by molar-refractivity contribution is 0.690. The molecule has 0 amide bonds. The maximum absolute atomic E-state index is 3.59. The Labute approximate surface area is 119 Å². The van der Waals surface area contributed by atoms with E-state index in [0.717, 1.165) is 12.6 Å². The average molecular weight is 355 g/mol. The highest BCUT2D eigenvalue weighted by Crippen LogP contribution is 2.29. The maximum Gasteiger partial charge on any atom is 0.0222 e. The van der Waals surface area contributed by atoms with Gasteiger partial charge in [-0.1, -0.05) is 12.1 Å². The largest absolute Gasteiger partial charge is 0.310 e. The van der Waals surface area contributed by atoms with Crippen molar-refractivity contribution in [3.05, 3.63) is 44.2 Å². The van der Waals surface area contributed by atoms with Crippen LogP contribution in [-0.4, -0.2) is 6.04 Å². The minimum atomic E-state index is 0.777. The van der Waals surface area contributed by atoms with Crippen molar-refractivity contribution in [2.45, 2.75) is 25.4 Å². The first kappa shape index (κ1) is 11.7. The van der Waals surface area contributed by atoms with Crippen molar-refractivity contribution in [2.75, 3.05) is 0 Å². The summed E-state index contributed by atoms with van der Waals surface area (Å²) in [6, 6.07) is 9.55. The van der Waals surface area contributed by atoms with Crippen LogP contribution in [0.4, 0.5) is 0 Å². The molecule has 0 atom stereocenters. The van der Waals surface area contributed by atoms with Gasteiger partial charge in [0.1, 0.15) is 0 Å². The van der Waals surface area contributed by atoms with Crippen molar-refractivity contribution in [1.82, 2.24) is 5.32 Å². The van der Waals surface area contributed by atoms with E-state index in [0.29, 0.717) is 0 Å². The molecule has 0 saturated heterocycles. The Morgan fingerprint density at radius 3 is 2.65 bits per heavy atom. The van der Waals surface area contributed by atoms with Crippen molar-refractivity contribution in [2.24, 2.45) is 0 Å². The van der Waals surface area contributed by atoms with Gasteiger partial charge >= 0.3 is 0 Å². The van der Waals surface area contributed by atoms with Gasteiger partial charge in [-0.05, 0) is 75.0 Å². The molecule has 0 spiro atoms. The summed E-state index contributed by atoms with van der Waals surface area (Å²) in [5.74, 6) is 0. The predicted molar refractivity (Wildman–Crippen MR) is 82.3 cm³/mol. The van der Waals surface area contributed by atoms with Crippen LogP contribution in [0.2, 0.25) is 0 Å². The van der Waals surface area contributed by atoms with Gasteiger partial charge in [0.15, 0.2) is 0 Å². The number of nitrogens with one attached hydrogen (secondary N) is 1. The van der Waals surface area contributed by atoms with E-state index in [-0.39, 0.29) is 0 Å². The van der Waals surface area contributed by atoms with Gasteiger partial charge < -0.3 is 5.32 Å². The lowest BCUT2D eigenvalue weighted by Crippen LogP contribution is -2.15. The van der Waals surface area contributed by atoms with Crippen LogP contribution in [0.5, 0.6) is 0 Å². The quantitative estimate of drug-likeness (QED) is 0.808. The van der Waals surface area contributed by atoms with Crippen molar-refractivity contribution in [1.29, 1.82) is 0 Å². The van der Waals surface area contributed by atoms with Crippen LogP contribution in [0.3, 0.4) is 0 Å². The molecule has 1 aromatic heterocycles. The first-order valence-electron chi connectivity index (χ1n) is 5.87. The summed E-state index contributed by atoms with van der Waals surface area (Å²) in [4.78, 5) is 0. The zero-order valence-electron chi connectivity index (χ0n) is 9.45. The summed E-state index contributed by atoms with van der Waals surface area (Å²) in [6.45, 7) is 1.01. The first-order chi connectivity index (χ1) is 8.33. The normalized spacial score (nSPS) is 15.1. The van der Waals surface area contributed by atoms with Gasteiger partial charge in [-0.3, -0.25) is 0 Å². The number of thiophene rings is 1. The number of hydrogen-bond donors (Lipinski definition) is 1. The predicted octanol–water partition coefficient (Wildman–Crippen LogP) is 4.27. The average Bonchev–Trinajstić information content (AvgIpc) is 3.06. The number of rotatable bonds is 4. The molecule has 0 bridgehead atoms. The molecule has 0 radical (unpaired) electrons. The molecule has 0 aliphatic heterocycles. The Balaban J connectivity index is 1.81. The molecule has 1 aromatic carbocycles. The third-order valence-corrected chi connectivity index (χ3v) is 4.57. The van der Waals surface area contributed by atoms with Crippen molar-refractivity contribution >= 4 is 33.9 Å². The minimum Gasteiger partial charge on any atom is -0.310 e. The van der Waals surface area contributed by atoms with E-state index in [4.69, 9.17) is 0 Å². The molecule has 1 aliphatic rings. The van der Waals surface area contributed by atoms with Gasteiger partial charge in [0.25, 0.3) is 0 Å². The molecule has 88 valence electrons. The Bertz CT molecular complexity index is 499. The highest BCUT2D eigenvalue weighted by molar-refractivity contribution is 14.1. The van der Waals surface area contributed by atoms with Gasteiger partial charge in [-0.2, -0.15) is 11.3 Å². The molecule has 1 aliphatic carbocycles. The maximum atomic E-state index is 3.59. The van der Waals surface area contributed by atoms with E-state index in [1.807, 2.05) is 0 Å². The fourth-order valence-corrected chi connectivity index (χ4v) is 3.11. The Morgan fingerprint density at radius 1 is 1.18 bits per heavy atom. The smallest absolute Gasteiger partial charge is 0.0222 e. The standard InChI is InChI=1S/C14H14INS/c15-12-3-1-10(2-4-12)14-9-17-8-11(14)7-16-13-5-6-13/h1-4,8-9,13,16H,5-7H2. The number of benzene rings is 1. The number of hydrogen-bond acceptors (Lipinski definition) is 2. The molecule has 1 nitrogen and oxygen atoms in total. The fourth-order valence-electron chi connectivity index (χ4n) is 1.88. The van der Waals surface area contributed by atoms with E-state index in [1.165, 1.54) is 33.1 Å². The molecular formula is C14H14INS. The minimum absolute atomic E-state index is 0.777. The second-order valence-electron chi connectivity index (χ2n) is 4.47. The van der Waals surface area contributed by atoms with E-state index in [1.54, 1.807) is 11.3 Å². The molecule has 2 aromatic rings. The second-order valence-corrected chi connectivity index (χ2v) is 6.46. The highest BCUT2D eigenvalue weighted by atomic mass is 127. The van der Waals surface area contributed by atoms with Crippen LogP contribution < -0.4 is 5.32 Å². The number of halogens is 1. The van der Waals surface area contributed by atoms with Gasteiger partial charge in [0.05, 0.1) is 0 Å². The summed E-state index contributed by atoms with van der Waals surface area (Å²) in [5, 5.41) is 8.11. The van der Waals surface area contributed by atoms with E-state index in [2.05, 4.69) is 62.9 Å². The van der Waals surface area contributed by atoms with E-state index in [9.17, 15) is 0 Å². The molecule has 0 unspecified atom stereocenters. The summed E-state index contributed by atoms with van der Waals surface area (Å²) in [7, 11) is 0. The third kappa shape index (κ3) is 2.89. The third-order valence-electron chi connectivity index (χ3n) is 3.06. The van der Waals surface area contributed by atoms with Crippen LogP contribution in [0, 0.1) is 3.57 Å². The molecule has 1 saturated carbocycles. The van der Waals surface area contributed by atoms with Crippen molar-refractivity contribution in [3.63, 3.8) is 0 Å². The zero-order chi connectivity index (χ0) is 11.7. The summed E-state index contributed by atoms with van der Waals surface area (Å²) in [5.41, 5.74) is 4.15. The van der Waals surface area contributed by atoms with Gasteiger partial charge in [-0.25, -0.2) is 0 Å². The molecule has 17 heavy (non-hydrogen) atoms. The lowest BCUT2D eigenvalue weighted by atomic mass is 10.1. The summed E-state index contributed by atoms with van der Waals surface area (Å²) in [6.07, 6.45) is 2.70. The van der Waals surface area contributed by atoms with Crippen LogP contribution in [0.15, 0.2) is 35.0 Å². The SMILES string of the molecule is Ic1ccc(-c2cscc2CNC2CC2)cc1. The Kier molecular flexibility index (Phi) is 3.49. The molecular weight excluding hydrogens is 341 g/mol.